The largest absolute Gasteiger partial charge is 0.390 e. The molecule has 88 valence electrons. The molecule has 2 rings (SSSR count). The highest BCUT2D eigenvalue weighted by Crippen LogP contribution is 2.28. The van der Waals surface area contributed by atoms with Crippen LogP contribution in [0.1, 0.15) is 27.7 Å². The molecule has 0 unspecified atom stereocenters. The van der Waals surface area contributed by atoms with Gasteiger partial charge in [-0.25, -0.2) is 4.98 Å². The summed E-state index contributed by atoms with van der Waals surface area (Å²) in [6, 6.07) is 2.00. The van der Waals surface area contributed by atoms with E-state index in [1.807, 2.05) is 31.4 Å². The fourth-order valence-electron chi connectivity index (χ4n) is 1.92. The Labute approximate surface area is 105 Å². The van der Waals surface area contributed by atoms with Crippen LogP contribution in [-0.4, -0.2) is 14.7 Å². The Hall–Kier alpha value is -1.57. The van der Waals surface area contributed by atoms with Crippen molar-refractivity contribution in [2.75, 3.05) is 0 Å². The lowest BCUT2D eigenvalue weighted by molar-refractivity contribution is 0.276. The lowest BCUT2D eigenvalue weighted by Crippen LogP contribution is -1.99. The average molecular weight is 246 g/mol. The molecule has 0 fully saturated rings. The van der Waals surface area contributed by atoms with Crippen LogP contribution < -0.4 is 0 Å². The number of hydrogen-bond acceptors (Lipinski definition) is 3. The number of rotatable bonds is 2. The SMILES string of the molecule is C#Cc1cc(C)sc1-n1c(C)nc(CO)c1C. The number of thiophene rings is 1. The number of hydrogen-bond donors (Lipinski definition) is 1. The van der Waals surface area contributed by atoms with E-state index in [9.17, 15) is 5.11 Å². The molecule has 0 aliphatic rings. The Bertz CT molecular complexity index is 602. The van der Waals surface area contributed by atoms with E-state index in [-0.39, 0.29) is 6.61 Å². The van der Waals surface area contributed by atoms with Gasteiger partial charge in [-0.1, -0.05) is 5.92 Å². The van der Waals surface area contributed by atoms with Gasteiger partial charge in [0.1, 0.15) is 10.8 Å². The quantitative estimate of drug-likeness (QED) is 0.826. The molecule has 2 heterocycles. The number of aliphatic hydroxyl groups excluding tert-OH is 1. The predicted octanol–water partition coefficient (Wildman–Crippen LogP) is 2.33. The topological polar surface area (TPSA) is 38.0 Å². The molecule has 2 aromatic rings. The van der Waals surface area contributed by atoms with E-state index in [2.05, 4.69) is 10.9 Å². The zero-order chi connectivity index (χ0) is 12.6. The lowest BCUT2D eigenvalue weighted by Gasteiger charge is -2.06. The molecule has 0 saturated carbocycles. The normalized spacial score (nSPS) is 10.5. The van der Waals surface area contributed by atoms with Gasteiger partial charge in [-0.05, 0) is 26.8 Å². The van der Waals surface area contributed by atoms with Crippen LogP contribution in [0.4, 0.5) is 0 Å². The highest BCUT2D eigenvalue weighted by atomic mass is 32.1. The maximum absolute atomic E-state index is 9.22. The summed E-state index contributed by atoms with van der Waals surface area (Å²) in [5.41, 5.74) is 2.53. The molecule has 0 aliphatic heterocycles. The molecule has 0 atom stereocenters. The van der Waals surface area contributed by atoms with Crippen molar-refractivity contribution in [1.29, 1.82) is 0 Å². The molecule has 0 radical (unpaired) electrons. The lowest BCUT2D eigenvalue weighted by atomic mass is 10.3. The maximum Gasteiger partial charge on any atom is 0.117 e. The van der Waals surface area contributed by atoms with Crippen LogP contribution in [-0.2, 0) is 6.61 Å². The zero-order valence-corrected chi connectivity index (χ0v) is 10.9. The van der Waals surface area contributed by atoms with Crippen molar-refractivity contribution in [2.45, 2.75) is 27.4 Å². The van der Waals surface area contributed by atoms with Gasteiger partial charge in [-0.2, -0.15) is 0 Å². The number of aryl methyl sites for hydroxylation is 2. The van der Waals surface area contributed by atoms with Crippen molar-refractivity contribution >= 4 is 11.3 Å². The van der Waals surface area contributed by atoms with E-state index in [0.717, 1.165) is 22.1 Å². The van der Waals surface area contributed by atoms with Crippen LogP contribution in [0, 0.1) is 33.1 Å². The third kappa shape index (κ3) is 1.88. The van der Waals surface area contributed by atoms with E-state index in [1.165, 1.54) is 4.88 Å². The zero-order valence-electron chi connectivity index (χ0n) is 10.1. The summed E-state index contributed by atoms with van der Waals surface area (Å²) in [6.07, 6.45) is 5.51. The molecule has 0 saturated heterocycles. The minimum Gasteiger partial charge on any atom is -0.390 e. The predicted molar refractivity (Wildman–Crippen MR) is 69.5 cm³/mol. The fraction of sp³-hybridized carbons (Fsp3) is 0.308. The Balaban J connectivity index is 2.68. The second-order valence-corrected chi connectivity index (χ2v) is 5.14. The molecule has 0 bridgehead atoms. The Morgan fingerprint density at radius 1 is 1.47 bits per heavy atom. The van der Waals surface area contributed by atoms with E-state index in [0.29, 0.717) is 5.69 Å². The summed E-state index contributed by atoms with van der Waals surface area (Å²) in [6.45, 7) is 5.85. The number of nitrogens with zero attached hydrogens (tertiary/aromatic N) is 2. The third-order valence-corrected chi connectivity index (χ3v) is 3.75. The highest BCUT2D eigenvalue weighted by Gasteiger charge is 2.15. The standard InChI is InChI=1S/C13H14N2OS/c1-5-11-6-8(2)17-13(11)15-9(3)12(7-16)14-10(15)4/h1,6,16H,7H2,2-4H3. The van der Waals surface area contributed by atoms with Crippen molar-refractivity contribution in [3.05, 3.63) is 33.7 Å². The van der Waals surface area contributed by atoms with Crippen LogP contribution >= 0.6 is 11.3 Å². The van der Waals surface area contributed by atoms with E-state index < -0.39 is 0 Å². The smallest absolute Gasteiger partial charge is 0.117 e. The van der Waals surface area contributed by atoms with Crippen LogP contribution in [0.5, 0.6) is 0 Å². The first kappa shape index (κ1) is 11.9. The molecular formula is C13H14N2OS. The number of aliphatic hydroxyl groups is 1. The number of terminal acetylenes is 1. The molecular weight excluding hydrogens is 232 g/mol. The van der Waals surface area contributed by atoms with Crippen LogP contribution in [0.15, 0.2) is 6.07 Å². The van der Waals surface area contributed by atoms with Gasteiger partial charge in [0.2, 0.25) is 0 Å². The number of imidazole rings is 1. The van der Waals surface area contributed by atoms with Gasteiger partial charge in [0.25, 0.3) is 0 Å². The summed E-state index contributed by atoms with van der Waals surface area (Å²) in [4.78, 5) is 5.51. The first-order valence-electron chi connectivity index (χ1n) is 5.31. The Morgan fingerprint density at radius 3 is 2.71 bits per heavy atom. The second-order valence-electron chi connectivity index (χ2n) is 3.90. The van der Waals surface area contributed by atoms with Gasteiger partial charge >= 0.3 is 0 Å². The van der Waals surface area contributed by atoms with Crippen molar-refractivity contribution < 1.29 is 5.11 Å². The van der Waals surface area contributed by atoms with Crippen molar-refractivity contribution in [3.63, 3.8) is 0 Å². The summed E-state index contributed by atoms with van der Waals surface area (Å²) >= 11 is 1.64. The molecule has 17 heavy (non-hydrogen) atoms. The molecule has 0 amide bonds. The Morgan fingerprint density at radius 2 is 2.18 bits per heavy atom. The van der Waals surface area contributed by atoms with Gasteiger partial charge in [0, 0.05) is 10.6 Å². The molecule has 4 heteroatoms. The fourth-order valence-corrected chi connectivity index (χ4v) is 2.99. The van der Waals surface area contributed by atoms with Gasteiger partial charge in [-0.15, -0.1) is 17.8 Å². The molecule has 0 spiro atoms. The third-order valence-electron chi connectivity index (χ3n) is 2.72. The minimum absolute atomic E-state index is 0.0462. The first-order chi connectivity index (χ1) is 8.08. The summed E-state index contributed by atoms with van der Waals surface area (Å²) < 4.78 is 2.01. The van der Waals surface area contributed by atoms with Crippen molar-refractivity contribution in [1.82, 2.24) is 9.55 Å². The molecule has 2 aromatic heterocycles. The monoisotopic (exact) mass is 246 g/mol. The molecule has 0 aromatic carbocycles. The van der Waals surface area contributed by atoms with Gasteiger partial charge in [-0.3, -0.25) is 4.57 Å². The minimum atomic E-state index is -0.0462. The van der Waals surface area contributed by atoms with Gasteiger partial charge in [0.05, 0.1) is 17.9 Å². The molecule has 1 N–H and O–H groups in total. The Kier molecular flexibility index (Phi) is 3.05. The first-order valence-corrected chi connectivity index (χ1v) is 6.13. The van der Waals surface area contributed by atoms with Crippen molar-refractivity contribution in [2.24, 2.45) is 0 Å². The maximum atomic E-state index is 9.22. The average Bonchev–Trinajstić information content (AvgIpc) is 2.79. The van der Waals surface area contributed by atoms with Crippen molar-refractivity contribution in [3.8, 4) is 17.3 Å². The summed E-state index contributed by atoms with van der Waals surface area (Å²) in [5.74, 6) is 3.55. The van der Waals surface area contributed by atoms with Gasteiger partial charge < -0.3 is 5.11 Å². The van der Waals surface area contributed by atoms with Crippen LogP contribution in [0.25, 0.3) is 5.00 Å². The van der Waals surface area contributed by atoms with E-state index in [1.54, 1.807) is 11.3 Å². The molecule has 0 aliphatic carbocycles. The molecule has 3 nitrogen and oxygen atoms in total. The summed E-state index contributed by atoms with van der Waals surface area (Å²) in [7, 11) is 0. The van der Waals surface area contributed by atoms with Crippen LogP contribution in [0.2, 0.25) is 0 Å². The second kappa shape index (κ2) is 4.36. The van der Waals surface area contributed by atoms with E-state index in [4.69, 9.17) is 6.42 Å². The van der Waals surface area contributed by atoms with E-state index >= 15 is 0 Å². The van der Waals surface area contributed by atoms with Gasteiger partial charge in [0.15, 0.2) is 0 Å². The summed E-state index contributed by atoms with van der Waals surface area (Å²) in [5, 5.41) is 10.2. The van der Waals surface area contributed by atoms with Crippen LogP contribution in [0.3, 0.4) is 0 Å². The highest BCUT2D eigenvalue weighted by molar-refractivity contribution is 7.14. The number of aromatic nitrogens is 2.